The van der Waals surface area contributed by atoms with Crippen LogP contribution in [0.1, 0.15) is 18.7 Å². The molecule has 78 valence electrons. The number of carboxylic acid groups (broad SMARTS) is 1. The quantitative estimate of drug-likeness (QED) is 0.815. The lowest BCUT2D eigenvalue weighted by Gasteiger charge is -2.12. The van der Waals surface area contributed by atoms with Crippen molar-refractivity contribution in [3.63, 3.8) is 0 Å². The molecular formula is C12H13NO2. The van der Waals surface area contributed by atoms with E-state index in [1.807, 2.05) is 41.8 Å². The maximum absolute atomic E-state index is 11.0. The van der Waals surface area contributed by atoms with E-state index in [1.165, 1.54) is 0 Å². The number of fused-ring (bicyclic) bond motifs is 1. The van der Waals surface area contributed by atoms with E-state index >= 15 is 0 Å². The summed E-state index contributed by atoms with van der Waals surface area (Å²) in [5.74, 6) is -0.806. The minimum Gasteiger partial charge on any atom is -0.480 e. The average Bonchev–Trinajstić information content (AvgIpc) is 2.52. The first-order chi connectivity index (χ1) is 7.11. The third kappa shape index (κ3) is 1.50. The van der Waals surface area contributed by atoms with Crippen molar-refractivity contribution in [2.75, 3.05) is 0 Å². The Bertz CT molecular complexity index is 513. The van der Waals surface area contributed by atoms with Crippen LogP contribution in [0.3, 0.4) is 0 Å². The van der Waals surface area contributed by atoms with Crippen LogP contribution >= 0.6 is 0 Å². The molecule has 15 heavy (non-hydrogen) atoms. The van der Waals surface area contributed by atoms with Gasteiger partial charge >= 0.3 is 5.97 Å². The second kappa shape index (κ2) is 3.42. The topological polar surface area (TPSA) is 42.2 Å². The second-order valence-electron chi connectivity index (χ2n) is 3.73. The lowest BCUT2D eigenvalue weighted by Crippen LogP contribution is -2.16. The predicted octanol–water partition coefficient (Wildman–Crippen LogP) is 2.60. The summed E-state index contributed by atoms with van der Waals surface area (Å²) < 4.78 is 1.84. The van der Waals surface area contributed by atoms with Crippen LogP contribution in [0.25, 0.3) is 10.9 Å². The average molecular weight is 203 g/mol. The van der Waals surface area contributed by atoms with Gasteiger partial charge in [0.15, 0.2) is 0 Å². The monoisotopic (exact) mass is 203 g/mol. The molecule has 1 N–H and O–H groups in total. The molecule has 0 spiro atoms. The summed E-state index contributed by atoms with van der Waals surface area (Å²) in [6, 6.07) is 9.30. The Labute approximate surface area is 87.9 Å². The van der Waals surface area contributed by atoms with Gasteiger partial charge < -0.3 is 9.67 Å². The minimum absolute atomic E-state index is 0.523. The number of aromatic nitrogens is 1. The van der Waals surface area contributed by atoms with Gasteiger partial charge in [-0.05, 0) is 31.4 Å². The number of benzene rings is 1. The van der Waals surface area contributed by atoms with E-state index in [9.17, 15) is 4.79 Å². The Morgan fingerprint density at radius 1 is 1.40 bits per heavy atom. The third-order valence-electron chi connectivity index (χ3n) is 2.69. The summed E-state index contributed by atoms with van der Waals surface area (Å²) in [6.07, 6.45) is 0. The SMILES string of the molecule is Cc1cc2ccccc2n1[C@@H](C)C(=O)O. The van der Waals surface area contributed by atoms with E-state index in [1.54, 1.807) is 6.92 Å². The zero-order chi connectivity index (χ0) is 11.0. The molecule has 2 rings (SSSR count). The Morgan fingerprint density at radius 2 is 2.07 bits per heavy atom. The Balaban J connectivity index is 2.68. The number of hydrogen-bond donors (Lipinski definition) is 1. The van der Waals surface area contributed by atoms with Crippen LogP contribution in [0, 0.1) is 6.92 Å². The van der Waals surface area contributed by atoms with Crippen LogP contribution in [0.5, 0.6) is 0 Å². The molecule has 2 aromatic rings. The molecule has 0 unspecified atom stereocenters. The normalized spacial score (nSPS) is 12.9. The fraction of sp³-hybridized carbons (Fsp3) is 0.250. The maximum Gasteiger partial charge on any atom is 0.326 e. The molecule has 1 aromatic heterocycles. The highest BCUT2D eigenvalue weighted by Gasteiger charge is 2.17. The molecule has 0 saturated heterocycles. The number of carboxylic acids is 1. The number of rotatable bonds is 2. The molecule has 0 radical (unpaired) electrons. The summed E-state index contributed by atoms with van der Waals surface area (Å²) in [7, 11) is 0. The highest BCUT2D eigenvalue weighted by molar-refractivity contribution is 5.84. The van der Waals surface area contributed by atoms with Gasteiger partial charge in [-0.25, -0.2) is 4.79 Å². The molecule has 3 heteroatoms. The summed E-state index contributed by atoms with van der Waals surface area (Å²) in [5, 5.41) is 10.1. The fourth-order valence-electron chi connectivity index (χ4n) is 1.94. The van der Waals surface area contributed by atoms with E-state index in [2.05, 4.69) is 0 Å². The summed E-state index contributed by atoms with van der Waals surface area (Å²) >= 11 is 0. The molecule has 3 nitrogen and oxygen atoms in total. The van der Waals surface area contributed by atoms with Crippen molar-refractivity contribution in [2.45, 2.75) is 19.9 Å². The minimum atomic E-state index is -0.806. The molecule has 0 saturated carbocycles. The first kappa shape index (κ1) is 9.77. The van der Waals surface area contributed by atoms with Gasteiger partial charge in [0.05, 0.1) is 0 Å². The number of carbonyl (C=O) groups is 1. The van der Waals surface area contributed by atoms with Crippen molar-refractivity contribution >= 4 is 16.9 Å². The van der Waals surface area contributed by atoms with Crippen LogP contribution < -0.4 is 0 Å². The summed E-state index contributed by atoms with van der Waals surface area (Å²) in [5.41, 5.74) is 1.95. The zero-order valence-corrected chi connectivity index (χ0v) is 8.77. The van der Waals surface area contributed by atoms with E-state index in [4.69, 9.17) is 5.11 Å². The van der Waals surface area contributed by atoms with Crippen LogP contribution in [0.15, 0.2) is 30.3 Å². The van der Waals surface area contributed by atoms with Crippen molar-refractivity contribution in [3.8, 4) is 0 Å². The standard InChI is InChI=1S/C12H13NO2/c1-8-7-10-5-3-4-6-11(10)13(8)9(2)12(14)15/h3-7,9H,1-2H3,(H,14,15)/t9-/m0/s1. The Morgan fingerprint density at radius 3 is 2.73 bits per heavy atom. The van der Waals surface area contributed by atoms with Crippen molar-refractivity contribution < 1.29 is 9.90 Å². The van der Waals surface area contributed by atoms with Crippen LogP contribution in [-0.2, 0) is 4.79 Å². The summed E-state index contributed by atoms with van der Waals surface area (Å²) in [6.45, 7) is 3.63. The number of aryl methyl sites for hydroxylation is 1. The lowest BCUT2D eigenvalue weighted by molar-refractivity contribution is -0.140. The van der Waals surface area contributed by atoms with Crippen LogP contribution in [-0.4, -0.2) is 15.6 Å². The molecule has 1 aromatic carbocycles. The Kier molecular flexibility index (Phi) is 2.23. The van der Waals surface area contributed by atoms with Gasteiger partial charge in [-0.15, -0.1) is 0 Å². The first-order valence-electron chi connectivity index (χ1n) is 4.90. The van der Waals surface area contributed by atoms with Gasteiger partial charge in [0.1, 0.15) is 6.04 Å². The summed E-state index contributed by atoms with van der Waals surface area (Å²) in [4.78, 5) is 11.0. The molecule has 0 amide bonds. The van der Waals surface area contributed by atoms with E-state index in [0.29, 0.717) is 0 Å². The highest BCUT2D eigenvalue weighted by Crippen LogP contribution is 2.23. The van der Waals surface area contributed by atoms with Gasteiger partial charge in [-0.1, -0.05) is 18.2 Å². The van der Waals surface area contributed by atoms with E-state index in [-0.39, 0.29) is 0 Å². The molecule has 0 bridgehead atoms. The van der Waals surface area contributed by atoms with Crippen molar-refractivity contribution in [3.05, 3.63) is 36.0 Å². The van der Waals surface area contributed by atoms with E-state index in [0.717, 1.165) is 16.6 Å². The molecule has 0 fully saturated rings. The van der Waals surface area contributed by atoms with Gasteiger partial charge in [0, 0.05) is 11.2 Å². The van der Waals surface area contributed by atoms with E-state index < -0.39 is 12.0 Å². The fourth-order valence-corrected chi connectivity index (χ4v) is 1.94. The molecule has 1 atom stereocenters. The molecule has 0 aliphatic heterocycles. The molecule has 1 heterocycles. The van der Waals surface area contributed by atoms with Gasteiger partial charge in [0.25, 0.3) is 0 Å². The van der Waals surface area contributed by atoms with Gasteiger partial charge in [-0.3, -0.25) is 0 Å². The molecular weight excluding hydrogens is 190 g/mol. The zero-order valence-electron chi connectivity index (χ0n) is 8.77. The number of hydrogen-bond acceptors (Lipinski definition) is 1. The number of para-hydroxylation sites is 1. The lowest BCUT2D eigenvalue weighted by atomic mass is 10.2. The van der Waals surface area contributed by atoms with Crippen molar-refractivity contribution in [2.24, 2.45) is 0 Å². The third-order valence-corrected chi connectivity index (χ3v) is 2.69. The number of aliphatic carboxylic acids is 1. The molecule has 0 aliphatic rings. The van der Waals surface area contributed by atoms with Crippen molar-refractivity contribution in [1.29, 1.82) is 0 Å². The second-order valence-corrected chi connectivity index (χ2v) is 3.73. The first-order valence-corrected chi connectivity index (χ1v) is 4.90. The Hall–Kier alpha value is -1.77. The van der Waals surface area contributed by atoms with Crippen LogP contribution in [0.2, 0.25) is 0 Å². The smallest absolute Gasteiger partial charge is 0.326 e. The molecule has 0 aliphatic carbocycles. The van der Waals surface area contributed by atoms with Gasteiger partial charge in [0.2, 0.25) is 0 Å². The number of nitrogens with zero attached hydrogens (tertiary/aromatic N) is 1. The largest absolute Gasteiger partial charge is 0.480 e. The highest BCUT2D eigenvalue weighted by atomic mass is 16.4. The van der Waals surface area contributed by atoms with Crippen molar-refractivity contribution in [1.82, 2.24) is 4.57 Å². The maximum atomic E-state index is 11.0. The predicted molar refractivity (Wildman–Crippen MR) is 59.0 cm³/mol. The van der Waals surface area contributed by atoms with Gasteiger partial charge in [-0.2, -0.15) is 0 Å². The van der Waals surface area contributed by atoms with Crippen LogP contribution in [0.4, 0.5) is 0 Å².